The lowest BCUT2D eigenvalue weighted by molar-refractivity contribution is -0.125. The number of ether oxygens (including phenoxy) is 2. The van der Waals surface area contributed by atoms with Crippen molar-refractivity contribution in [2.75, 3.05) is 36.1 Å². The number of cyclic esters (lactones) is 1. The largest absolute Gasteiger partial charge is 0.440 e. The maximum atomic E-state index is 12.2. The van der Waals surface area contributed by atoms with Crippen molar-refractivity contribution in [3.8, 4) is 0 Å². The van der Waals surface area contributed by atoms with Crippen LogP contribution in [0.5, 0.6) is 0 Å². The van der Waals surface area contributed by atoms with E-state index in [1.54, 1.807) is 41.3 Å². The number of amides is 3. The molecule has 2 aliphatic rings. The second-order valence-electron chi connectivity index (χ2n) is 6.89. The summed E-state index contributed by atoms with van der Waals surface area (Å²) in [5.74, 6) is -0.279. The molecule has 0 aliphatic carbocycles. The van der Waals surface area contributed by atoms with Crippen LogP contribution in [-0.4, -0.2) is 50.3 Å². The number of nitrogens with one attached hydrogen (secondary N) is 1. The monoisotopic (exact) mass is 427 g/mol. The van der Waals surface area contributed by atoms with E-state index in [1.807, 2.05) is 13.0 Å². The third-order valence-electron chi connectivity index (χ3n) is 4.78. The molecule has 9 heteroatoms. The van der Waals surface area contributed by atoms with Crippen molar-refractivity contribution >= 4 is 40.6 Å². The van der Waals surface area contributed by atoms with Crippen LogP contribution in [0.25, 0.3) is 0 Å². The van der Waals surface area contributed by atoms with Gasteiger partial charge in [-0.2, -0.15) is 0 Å². The molecule has 8 nitrogen and oxygen atoms in total. The van der Waals surface area contributed by atoms with Crippen LogP contribution in [0.2, 0.25) is 0 Å². The molecule has 1 N–H and O–H groups in total. The van der Waals surface area contributed by atoms with Gasteiger partial charge in [0.05, 0.1) is 18.0 Å². The minimum Gasteiger partial charge on any atom is -0.440 e. The minimum atomic E-state index is -0.469. The van der Waals surface area contributed by atoms with E-state index in [0.29, 0.717) is 30.3 Å². The van der Waals surface area contributed by atoms with Gasteiger partial charge in [-0.25, -0.2) is 4.79 Å². The highest BCUT2D eigenvalue weighted by atomic mass is 32.1. The first-order valence-corrected chi connectivity index (χ1v) is 10.3. The number of carbonyl (C=O) groups is 3. The standard InChI is InChI=1S/C21H21N3O5S/c1-14-2-7-18(30-14)20(26)22-9-8-17-12-24(21(27)29-17)16-5-3-15(4-6-16)23-10-11-28-13-19(23)25/h2-9,17H,10-13H2,1H3,(H,22,26). The van der Waals surface area contributed by atoms with Crippen LogP contribution in [-0.2, 0) is 14.3 Å². The van der Waals surface area contributed by atoms with E-state index in [9.17, 15) is 14.4 Å². The predicted octanol–water partition coefficient (Wildman–Crippen LogP) is 2.69. The number of thiophene rings is 1. The van der Waals surface area contributed by atoms with Crippen LogP contribution in [0, 0.1) is 6.92 Å². The number of rotatable bonds is 5. The van der Waals surface area contributed by atoms with Crippen molar-refractivity contribution in [1.82, 2.24) is 5.32 Å². The fraction of sp³-hybridized carbons (Fsp3) is 0.286. The van der Waals surface area contributed by atoms with Gasteiger partial charge in [-0.05, 0) is 49.4 Å². The summed E-state index contributed by atoms with van der Waals surface area (Å²) >= 11 is 1.42. The van der Waals surface area contributed by atoms with Crippen molar-refractivity contribution in [3.05, 3.63) is 58.4 Å². The van der Waals surface area contributed by atoms with Gasteiger partial charge in [-0.1, -0.05) is 0 Å². The van der Waals surface area contributed by atoms with Crippen molar-refractivity contribution < 1.29 is 23.9 Å². The average molecular weight is 427 g/mol. The van der Waals surface area contributed by atoms with Gasteiger partial charge in [0.25, 0.3) is 11.8 Å². The quantitative estimate of drug-likeness (QED) is 0.793. The first-order valence-electron chi connectivity index (χ1n) is 9.51. The predicted molar refractivity (Wildman–Crippen MR) is 113 cm³/mol. The van der Waals surface area contributed by atoms with Gasteiger partial charge in [-0.3, -0.25) is 14.5 Å². The van der Waals surface area contributed by atoms with Crippen LogP contribution >= 0.6 is 11.3 Å². The number of anilines is 2. The summed E-state index contributed by atoms with van der Waals surface area (Å²) in [6.45, 7) is 3.36. The molecule has 1 unspecified atom stereocenters. The molecule has 3 heterocycles. The third-order valence-corrected chi connectivity index (χ3v) is 5.78. The van der Waals surface area contributed by atoms with Gasteiger partial charge >= 0.3 is 6.09 Å². The lowest BCUT2D eigenvalue weighted by atomic mass is 10.2. The minimum absolute atomic E-state index is 0.0802. The van der Waals surface area contributed by atoms with Crippen LogP contribution in [0.3, 0.4) is 0 Å². The third kappa shape index (κ3) is 4.37. The SMILES string of the molecule is Cc1ccc(C(=O)NC=CC2CN(c3ccc(N4CCOCC4=O)cc3)C(=O)O2)s1. The zero-order chi connectivity index (χ0) is 21.1. The number of aryl methyl sites for hydroxylation is 1. The Kier molecular flexibility index (Phi) is 5.82. The molecular weight excluding hydrogens is 406 g/mol. The Labute approximate surface area is 177 Å². The molecule has 0 bridgehead atoms. The number of hydrogen-bond donors (Lipinski definition) is 1. The first-order chi connectivity index (χ1) is 14.5. The normalized spacial score (nSPS) is 19.4. The highest BCUT2D eigenvalue weighted by molar-refractivity contribution is 7.13. The highest BCUT2D eigenvalue weighted by Crippen LogP contribution is 2.26. The molecule has 2 aromatic rings. The molecule has 0 spiro atoms. The van der Waals surface area contributed by atoms with E-state index in [0.717, 1.165) is 10.6 Å². The smallest absolute Gasteiger partial charge is 0.415 e. The first kappa shape index (κ1) is 20.1. The van der Waals surface area contributed by atoms with Gasteiger partial charge in [0.1, 0.15) is 12.7 Å². The summed E-state index contributed by atoms with van der Waals surface area (Å²) < 4.78 is 10.5. The highest BCUT2D eigenvalue weighted by Gasteiger charge is 2.31. The molecule has 2 aliphatic heterocycles. The number of carbonyl (C=O) groups excluding carboxylic acids is 3. The summed E-state index contributed by atoms with van der Waals surface area (Å²) in [5, 5.41) is 2.69. The lowest BCUT2D eigenvalue weighted by Gasteiger charge is -2.27. The number of morpholine rings is 1. The van der Waals surface area contributed by atoms with Gasteiger partial charge < -0.3 is 19.7 Å². The van der Waals surface area contributed by atoms with Crippen LogP contribution in [0.15, 0.2) is 48.7 Å². The van der Waals surface area contributed by atoms with Crippen molar-refractivity contribution in [1.29, 1.82) is 0 Å². The molecule has 1 atom stereocenters. The van der Waals surface area contributed by atoms with Crippen LogP contribution in [0.1, 0.15) is 14.5 Å². The Bertz CT molecular complexity index is 985. The van der Waals surface area contributed by atoms with Crippen LogP contribution < -0.4 is 15.1 Å². The summed E-state index contributed by atoms with van der Waals surface area (Å²) in [5.41, 5.74) is 1.45. The van der Waals surface area contributed by atoms with Crippen LogP contribution in [0.4, 0.5) is 16.2 Å². The average Bonchev–Trinajstić information content (AvgIpc) is 3.34. The molecule has 0 radical (unpaired) electrons. The summed E-state index contributed by atoms with van der Waals surface area (Å²) in [4.78, 5) is 41.1. The Balaban J connectivity index is 1.35. The fourth-order valence-corrected chi connectivity index (χ4v) is 4.03. The number of benzene rings is 1. The number of hydrogen-bond acceptors (Lipinski definition) is 6. The van der Waals surface area contributed by atoms with Gasteiger partial charge in [0.2, 0.25) is 0 Å². The fourth-order valence-electron chi connectivity index (χ4n) is 3.26. The molecule has 30 heavy (non-hydrogen) atoms. The molecular formula is C21H21N3O5S. The Morgan fingerprint density at radius 3 is 2.53 bits per heavy atom. The van der Waals surface area contributed by atoms with Crippen molar-refractivity contribution in [2.45, 2.75) is 13.0 Å². The summed E-state index contributed by atoms with van der Waals surface area (Å²) in [7, 11) is 0. The van der Waals surface area contributed by atoms with Gasteiger partial charge in [-0.15, -0.1) is 11.3 Å². The van der Waals surface area contributed by atoms with E-state index in [4.69, 9.17) is 9.47 Å². The Morgan fingerprint density at radius 2 is 1.87 bits per heavy atom. The van der Waals surface area contributed by atoms with Gasteiger partial charge in [0.15, 0.2) is 0 Å². The molecule has 1 aromatic heterocycles. The van der Waals surface area contributed by atoms with Crippen molar-refractivity contribution in [2.24, 2.45) is 0 Å². The molecule has 2 fully saturated rings. The lowest BCUT2D eigenvalue weighted by Crippen LogP contribution is -2.41. The molecule has 0 saturated carbocycles. The second-order valence-corrected chi connectivity index (χ2v) is 8.18. The molecule has 156 valence electrons. The molecule has 4 rings (SSSR count). The maximum absolute atomic E-state index is 12.2. The van der Waals surface area contributed by atoms with E-state index < -0.39 is 12.2 Å². The zero-order valence-electron chi connectivity index (χ0n) is 16.4. The van der Waals surface area contributed by atoms with E-state index in [1.165, 1.54) is 22.4 Å². The van der Waals surface area contributed by atoms with E-state index in [2.05, 4.69) is 5.32 Å². The van der Waals surface area contributed by atoms with E-state index >= 15 is 0 Å². The summed E-state index contributed by atoms with van der Waals surface area (Å²) in [6.07, 6.45) is 2.23. The molecule has 3 amide bonds. The maximum Gasteiger partial charge on any atom is 0.415 e. The van der Waals surface area contributed by atoms with Gasteiger partial charge in [0, 0.05) is 29.0 Å². The summed E-state index contributed by atoms with van der Waals surface area (Å²) in [6, 6.07) is 10.8. The topological polar surface area (TPSA) is 88.2 Å². The van der Waals surface area contributed by atoms with E-state index in [-0.39, 0.29) is 18.4 Å². The molecule has 2 saturated heterocycles. The Morgan fingerprint density at radius 1 is 1.13 bits per heavy atom. The Hall–Kier alpha value is -3.17. The van der Waals surface area contributed by atoms with Crippen molar-refractivity contribution in [3.63, 3.8) is 0 Å². The molecule has 1 aromatic carbocycles. The second kappa shape index (κ2) is 8.68. The number of nitrogens with zero attached hydrogens (tertiary/aromatic N) is 2. The zero-order valence-corrected chi connectivity index (χ0v) is 17.2.